The standard InChI is InChI=1S/C17H23N3/c1-13-5-4-6-14(11-13)17(18)12-15-9-10-20(19-15)16-7-2-3-8-16/h4-6,9-11,16-17H,2-3,7-8,12,18H2,1H3. The average Bonchev–Trinajstić information content (AvgIpc) is 3.08. The van der Waals surface area contributed by atoms with Crippen LogP contribution in [0.25, 0.3) is 0 Å². The van der Waals surface area contributed by atoms with Crippen molar-refractivity contribution in [2.45, 2.75) is 51.1 Å². The molecule has 3 rings (SSSR count). The highest BCUT2D eigenvalue weighted by Gasteiger charge is 2.18. The van der Waals surface area contributed by atoms with Gasteiger partial charge < -0.3 is 5.73 Å². The molecule has 2 aromatic rings. The molecule has 1 atom stereocenters. The molecule has 0 bridgehead atoms. The van der Waals surface area contributed by atoms with Crippen LogP contribution in [-0.2, 0) is 6.42 Å². The van der Waals surface area contributed by atoms with Crippen molar-refractivity contribution < 1.29 is 0 Å². The van der Waals surface area contributed by atoms with E-state index < -0.39 is 0 Å². The number of nitrogens with two attached hydrogens (primary N) is 1. The van der Waals surface area contributed by atoms with Crippen molar-refractivity contribution in [2.24, 2.45) is 5.73 Å². The molecule has 0 radical (unpaired) electrons. The lowest BCUT2D eigenvalue weighted by Crippen LogP contribution is -2.14. The number of hydrogen-bond donors (Lipinski definition) is 1. The highest BCUT2D eigenvalue weighted by molar-refractivity contribution is 5.25. The predicted octanol–water partition coefficient (Wildman–Crippen LogP) is 3.55. The Morgan fingerprint density at radius 2 is 2.10 bits per heavy atom. The molecule has 2 N–H and O–H groups in total. The summed E-state index contributed by atoms with van der Waals surface area (Å²) in [7, 11) is 0. The minimum atomic E-state index is 0.0295. The first kappa shape index (κ1) is 13.4. The second kappa shape index (κ2) is 5.80. The van der Waals surface area contributed by atoms with E-state index in [-0.39, 0.29) is 6.04 Å². The van der Waals surface area contributed by atoms with Gasteiger partial charge in [-0.3, -0.25) is 4.68 Å². The van der Waals surface area contributed by atoms with Crippen molar-refractivity contribution in [3.63, 3.8) is 0 Å². The van der Waals surface area contributed by atoms with Gasteiger partial charge in [-0.1, -0.05) is 42.7 Å². The Morgan fingerprint density at radius 3 is 2.85 bits per heavy atom. The van der Waals surface area contributed by atoms with Gasteiger partial charge in [-0.2, -0.15) is 5.10 Å². The lowest BCUT2D eigenvalue weighted by molar-refractivity contribution is 0.461. The van der Waals surface area contributed by atoms with E-state index in [1.807, 2.05) is 0 Å². The van der Waals surface area contributed by atoms with E-state index in [4.69, 9.17) is 10.8 Å². The van der Waals surface area contributed by atoms with Gasteiger partial charge in [0.25, 0.3) is 0 Å². The summed E-state index contributed by atoms with van der Waals surface area (Å²) in [5, 5.41) is 4.72. The molecule has 1 aliphatic rings. The molecule has 3 heteroatoms. The van der Waals surface area contributed by atoms with Crippen LogP contribution in [0.2, 0.25) is 0 Å². The Balaban J connectivity index is 1.68. The molecule has 0 saturated heterocycles. The number of aryl methyl sites for hydroxylation is 1. The molecule has 1 aliphatic carbocycles. The molecule has 20 heavy (non-hydrogen) atoms. The van der Waals surface area contributed by atoms with Crippen LogP contribution in [0.1, 0.15) is 54.6 Å². The third kappa shape index (κ3) is 2.93. The zero-order valence-electron chi connectivity index (χ0n) is 12.1. The third-order valence-electron chi connectivity index (χ3n) is 4.26. The topological polar surface area (TPSA) is 43.8 Å². The number of rotatable bonds is 4. The average molecular weight is 269 g/mol. The molecule has 1 fully saturated rings. The van der Waals surface area contributed by atoms with Gasteiger partial charge in [-0.15, -0.1) is 0 Å². The van der Waals surface area contributed by atoms with Crippen LogP contribution >= 0.6 is 0 Å². The zero-order chi connectivity index (χ0) is 13.9. The van der Waals surface area contributed by atoms with Gasteiger partial charge in [-0.25, -0.2) is 0 Å². The van der Waals surface area contributed by atoms with Gasteiger partial charge in [0.15, 0.2) is 0 Å². The van der Waals surface area contributed by atoms with E-state index in [0.717, 1.165) is 12.1 Å². The lowest BCUT2D eigenvalue weighted by Gasteiger charge is -2.12. The molecule has 0 spiro atoms. The van der Waals surface area contributed by atoms with E-state index in [9.17, 15) is 0 Å². The minimum Gasteiger partial charge on any atom is -0.324 e. The molecule has 1 unspecified atom stereocenters. The van der Waals surface area contributed by atoms with Crippen molar-refractivity contribution in [1.29, 1.82) is 0 Å². The van der Waals surface area contributed by atoms with Crippen molar-refractivity contribution in [1.82, 2.24) is 9.78 Å². The maximum absolute atomic E-state index is 6.31. The summed E-state index contributed by atoms with van der Waals surface area (Å²) >= 11 is 0. The van der Waals surface area contributed by atoms with Gasteiger partial charge in [0.1, 0.15) is 0 Å². The van der Waals surface area contributed by atoms with Crippen molar-refractivity contribution in [3.8, 4) is 0 Å². The van der Waals surface area contributed by atoms with E-state index >= 15 is 0 Å². The monoisotopic (exact) mass is 269 g/mol. The van der Waals surface area contributed by atoms with Crippen molar-refractivity contribution in [2.75, 3.05) is 0 Å². The highest BCUT2D eigenvalue weighted by atomic mass is 15.3. The summed E-state index contributed by atoms with van der Waals surface area (Å²) in [6.07, 6.45) is 8.14. The van der Waals surface area contributed by atoms with E-state index in [0.29, 0.717) is 6.04 Å². The Kier molecular flexibility index (Phi) is 3.88. The number of nitrogens with zero attached hydrogens (tertiary/aromatic N) is 2. The fourth-order valence-corrected chi connectivity index (χ4v) is 3.10. The van der Waals surface area contributed by atoms with Crippen LogP contribution in [0, 0.1) is 6.92 Å². The molecular formula is C17H23N3. The predicted molar refractivity (Wildman–Crippen MR) is 81.5 cm³/mol. The third-order valence-corrected chi connectivity index (χ3v) is 4.26. The quantitative estimate of drug-likeness (QED) is 0.922. The van der Waals surface area contributed by atoms with Gasteiger partial charge >= 0.3 is 0 Å². The Morgan fingerprint density at radius 1 is 1.30 bits per heavy atom. The lowest BCUT2D eigenvalue weighted by atomic mass is 10.0. The maximum Gasteiger partial charge on any atom is 0.0643 e. The first-order valence-electron chi connectivity index (χ1n) is 7.58. The maximum atomic E-state index is 6.31. The van der Waals surface area contributed by atoms with Crippen LogP contribution in [0.4, 0.5) is 0 Å². The zero-order valence-corrected chi connectivity index (χ0v) is 12.1. The molecule has 1 heterocycles. The molecule has 0 aliphatic heterocycles. The first-order valence-corrected chi connectivity index (χ1v) is 7.58. The molecule has 1 aromatic carbocycles. The van der Waals surface area contributed by atoms with E-state index in [1.54, 1.807) is 0 Å². The van der Waals surface area contributed by atoms with E-state index in [2.05, 4.69) is 48.1 Å². The smallest absolute Gasteiger partial charge is 0.0643 e. The molecule has 0 amide bonds. The minimum absolute atomic E-state index is 0.0295. The Labute approximate surface area is 120 Å². The molecule has 3 nitrogen and oxygen atoms in total. The van der Waals surface area contributed by atoms with Crippen molar-refractivity contribution in [3.05, 3.63) is 53.3 Å². The summed E-state index contributed by atoms with van der Waals surface area (Å²) in [5.41, 5.74) is 9.87. The fraction of sp³-hybridized carbons (Fsp3) is 0.471. The molecule has 106 valence electrons. The van der Waals surface area contributed by atoms with Crippen LogP contribution < -0.4 is 5.73 Å². The number of aromatic nitrogens is 2. The summed E-state index contributed by atoms with van der Waals surface area (Å²) in [6, 6.07) is 11.2. The van der Waals surface area contributed by atoms with Crippen LogP contribution in [0.5, 0.6) is 0 Å². The van der Waals surface area contributed by atoms with Crippen molar-refractivity contribution >= 4 is 0 Å². The summed E-state index contributed by atoms with van der Waals surface area (Å²) < 4.78 is 2.14. The molecular weight excluding hydrogens is 246 g/mol. The normalized spacial score (nSPS) is 17.5. The largest absolute Gasteiger partial charge is 0.324 e. The highest BCUT2D eigenvalue weighted by Crippen LogP contribution is 2.29. The molecule has 1 saturated carbocycles. The second-order valence-corrected chi connectivity index (χ2v) is 5.95. The molecule has 1 aromatic heterocycles. The summed E-state index contributed by atoms with van der Waals surface area (Å²) in [6.45, 7) is 2.10. The van der Waals surface area contributed by atoms with E-state index in [1.165, 1.54) is 36.8 Å². The van der Waals surface area contributed by atoms with Gasteiger partial charge in [0, 0.05) is 18.7 Å². The first-order chi connectivity index (χ1) is 9.72. The Hall–Kier alpha value is -1.61. The van der Waals surface area contributed by atoms with Crippen LogP contribution in [0.15, 0.2) is 36.5 Å². The van der Waals surface area contributed by atoms with Crippen LogP contribution in [-0.4, -0.2) is 9.78 Å². The van der Waals surface area contributed by atoms with Gasteiger partial charge in [-0.05, 0) is 31.4 Å². The Bertz CT molecular complexity index is 567. The SMILES string of the molecule is Cc1cccc(C(N)Cc2ccn(C3CCCC3)n2)c1. The number of benzene rings is 1. The number of hydrogen-bond acceptors (Lipinski definition) is 2. The summed E-state index contributed by atoms with van der Waals surface area (Å²) in [5.74, 6) is 0. The van der Waals surface area contributed by atoms with Gasteiger partial charge in [0.2, 0.25) is 0 Å². The van der Waals surface area contributed by atoms with Gasteiger partial charge in [0.05, 0.1) is 11.7 Å². The summed E-state index contributed by atoms with van der Waals surface area (Å²) in [4.78, 5) is 0. The van der Waals surface area contributed by atoms with Crippen LogP contribution in [0.3, 0.4) is 0 Å². The fourth-order valence-electron chi connectivity index (χ4n) is 3.10. The second-order valence-electron chi connectivity index (χ2n) is 5.95.